The van der Waals surface area contributed by atoms with E-state index in [2.05, 4.69) is 111 Å². The lowest BCUT2D eigenvalue weighted by molar-refractivity contribution is -0.383. The van der Waals surface area contributed by atoms with Gasteiger partial charge in [-0.25, -0.2) is 4.39 Å². The zero-order valence-electron chi connectivity index (χ0n) is 28.8. The van der Waals surface area contributed by atoms with Crippen LogP contribution in [0.4, 0.5) is 10.1 Å². The van der Waals surface area contributed by atoms with Gasteiger partial charge in [0.2, 0.25) is 0 Å². The smallest absolute Gasteiger partial charge is 0.279 e. The summed E-state index contributed by atoms with van der Waals surface area (Å²) in [5.41, 5.74) is 7.64. The number of benzene rings is 4. The minimum Gasteiger partial charge on any atom is -0.361 e. The molecule has 1 N–H and O–H groups in total. The fraction of sp³-hybridized carbons (Fsp3) is 0.282. The standard InChI is InChI=1S/C22H28N2.C17H15ClFN3O2/c1-22(2,3)17-13-11-16(12-14-17)21(23(4)5)19-15-24(6)20-10-8-7-9-18(19)20;1-21(2)17(11-7-6-10(19)8-13(11)18)12-9-20-14-4-3-5-15(16(12)14)22(23)24/h7-15,21H,1-6H3;3-9,17,20H,1-2H3. The van der Waals surface area contributed by atoms with E-state index in [4.69, 9.17) is 11.6 Å². The predicted molar refractivity (Wildman–Crippen MR) is 195 cm³/mol. The molecule has 2 unspecified atom stereocenters. The monoisotopic (exact) mass is 667 g/mol. The first-order valence-corrected chi connectivity index (χ1v) is 16.2. The predicted octanol–water partition coefficient (Wildman–Crippen LogP) is 9.65. The summed E-state index contributed by atoms with van der Waals surface area (Å²) in [6, 6.07) is 26.7. The zero-order valence-corrected chi connectivity index (χ0v) is 29.5. The molecular formula is C39H43ClFN5O2. The number of nitro groups is 1. The second-order valence-electron chi connectivity index (χ2n) is 13.7. The van der Waals surface area contributed by atoms with Crippen molar-refractivity contribution < 1.29 is 9.31 Å². The van der Waals surface area contributed by atoms with E-state index in [-0.39, 0.29) is 28.2 Å². The van der Waals surface area contributed by atoms with Gasteiger partial charge < -0.3 is 9.55 Å². The topological polar surface area (TPSA) is 70.3 Å². The molecule has 0 fully saturated rings. The van der Waals surface area contributed by atoms with Crippen LogP contribution in [0.5, 0.6) is 0 Å². The van der Waals surface area contributed by atoms with Crippen molar-refractivity contribution in [3.63, 3.8) is 0 Å². The molecular weight excluding hydrogens is 625 g/mol. The van der Waals surface area contributed by atoms with Crippen LogP contribution in [0.2, 0.25) is 5.02 Å². The third-order valence-electron chi connectivity index (χ3n) is 8.81. The van der Waals surface area contributed by atoms with Gasteiger partial charge >= 0.3 is 0 Å². The van der Waals surface area contributed by atoms with Gasteiger partial charge in [-0.05, 0) is 80.1 Å². The maximum absolute atomic E-state index is 13.4. The molecule has 48 heavy (non-hydrogen) atoms. The maximum Gasteiger partial charge on any atom is 0.279 e. The molecule has 2 aromatic heterocycles. The molecule has 9 heteroatoms. The number of nitrogens with one attached hydrogen (secondary N) is 1. The molecule has 6 aromatic rings. The van der Waals surface area contributed by atoms with Gasteiger partial charge in [0.1, 0.15) is 5.82 Å². The van der Waals surface area contributed by atoms with E-state index in [0.29, 0.717) is 16.5 Å². The molecule has 6 rings (SSSR count). The van der Waals surface area contributed by atoms with Crippen LogP contribution in [-0.2, 0) is 12.5 Å². The zero-order chi connectivity index (χ0) is 34.9. The second-order valence-corrected chi connectivity index (χ2v) is 14.1. The third-order valence-corrected chi connectivity index (χ3v) is 9.14. The van der Waals surface area contributed by atoms with Crippen molar-refractivity contribution in [2.45, 2.75) is 38.3 Å². The van der Waals surface area contributed by atoms with Crippen molar-refractivity contribution in [3.05, 3.63) is 146 Å². The van der Waals surface area contributed by atoms with Crippen molar-refractivity contribution in [3.8, 4) is 0 Å². The lowest BCUT2D eigenvalue weighted by atomic mass is 9.85. The number of nitro benzene ring substituents is 1. The van der Waals surface area contributed by atoms with Crippen LogP contribution < -0.4 is 0 Å². The van der Waals surface area contributed by atoms with E-state index in [1.165, 1.54) is 45.8 Å². The Bertz CT molecular complexity index is 2060. The Balaban J connectivity index is 0.000000188. The van der Waals surface area contributed by atoms with Gasteiger partial charge in [0, 0.05) is 47.0 Å². The number of nitrogens with zero attached hydrogens (tertiary/aromatic N) is 4. The molecule has 0 radical (unpaired) electrons. The van der Waals surface area contributed by atoms with Crippen molar-refractivity contribution in [1.29, 1.82) is 0 Å². The number of H-pyrrole nitrogens is 1. The molecule has 0 saturated carbocycles. The van der Waals surface area contributed by atoms with E-state index in [1.54, 1.807) is 24.4 Å². The number of non-ortho nitro benzene ring substituents is 1. The molecule has 0 spiro atoms. The first kappa shape index (κ1) is 34.8. The Morgan fingerprint density at radius 3 is 2.12 bits per heavy atom. The quantitative estimate of drug-likeness (QED) is 0.136. The highest BCUT2D eigenvalue weighted by Gasteiger charge is 2.27. The number of halogens is 2. The SMILES string of the molecule is CN(C)C(c1ccc(C(C)(C)C)cc1)c1cn(C)c2ccccc12.CN(C)C(c1ccc(F)cc1Cl)c1c[nH]c2cccc([N+](=O)[O-])c12. The summed E-state index contributed by atoms with van der Waals surface area (Å²) in [7, 11) is 10.1. The van der Waals surface area contributed by atoms with Crippen molar-refractivity contribution >= 4 is 39.1 Å². The Kier molecular flexibility index (Phi) is 10.1. The number of hydrogen-bond acceptors (Lipinski definition) is 4. The van der Waals surface area contributed by atoms with E-state index in [0.717, 1.165) is 5.56 Å². The van der Waals surface area contributed by atoms with Crippen LogP contribution in [0.25, 0.3) is 21.8 Å². The Hall–Kier alpha value is -4.50. The van der Waals surface area contributed by atoms with Crippen LogP contribution in [0.1, 0.15) is 60.7 Å². The van der Waals surface area contributed by atoms with E-state index in [9.17, 15) is 14.5 Å². The lowest BCUT2D eigenvalue weighted by Crippen LogP contribution is -2.21. The maximum atomic E-state index is 13.4. The second kappa shape index (κ2) is 13.9. The van der Waals surface area contributed by atoms with Crippen LogP contribution in [0.15, 0.2) is 97.3 Å². The van der Waals surface area contributed by atoms with E-state index in [1.807, 2.05) is 19.0 Å². The van der Waals surface area contributed by atoms with Gasteiger partial charge in [-0.2, -0.15) is 0 Å². The summed E-state index contributed by atoms with van der Waals surface area (Å²) in [6.45, 7) is 6.78. The molecule has 2 atom stereocenters. The number of aromatic amines is 1. The van der Waals surface area contributed by atoms with Gasteiger partial charge in [-0.15, -0.1) is 0 Å². The normalized spacial score (nSPS) is 13.2. The third kappa shape index (κ3) is 7.02. The highest BCUT2D eigenvalue weighted by Crippen LogP contribution is 2.39. The average Bonchev–Trinajstić information content (AvgIpc) is 3.59. The molecule has 0 aliphatic rings. The number of para-hydroxylation sites is 1. The minimum absolute atomic E-state index is 0.0221. The Morgan fingerprint density at radius 1 is 0.854 bits per heavy atom. The van der Waals surface area contributed by atoms with Crippen LogP contribution in [0.3, 0.4) is 0 Å². The summed E-state index contributed by atoms with van der Waals surface area (Å²) < 4.78 is 15.6. The molecule has 7 nitrogen and oxygen atoms in total. The highest BCUT2D eigenvalue weighted by atomic mass is 35.5. The number of fused-ring (bicyclic) bond motifs is 2. The first-order valence-electron chi connectivity index (χ1n) is 15.9. The fourth-order valence-electron chi connectivity index (χ4n) is 6.52. The summed E-state index contributed by atoms with van der Waals surface area (Å²) in [5.74, 6) is -0.425. The van der Waals surface area contributed by atoms with Crippen LogP contribution >= 0.6 is 11.6 Å². The fourth-order valence-corrected chi connectivity index (χ4v) is 6.79. The van der Waals surface area contributed by atoms with Gasteiger partial charge in [0.05, 0.1) is 27.9 Å². The molecule has 2 heterocycles. The van der Waals surface area contributed by atoms with Crippen LogP contribution in [0, 0.1) is 15.9 Å². The summed E-state index contributed by atoms with van der Waals surface area (Å²) in [5, 5.41) is 13.5. The van der Waals surface area contributed by atoms with Gasteiger partial charge in [0.15, 0.2) is 0 Å². The molecule has 0 bridgehead atoms. The molecule has 250 valence electrons. The van der Waals surface area contributed by atoms with Crippen molar-refractivity contribution in [1.82, 2.24) is 19.4 Å². The minimum atomic E-state index is -0.425. The number of hydrogen-bond donors (Lipinski definition) is 1. The number of aryl methyl sites for hydroxylation is 1. The largest absolute Gasteiger partial charge is 0.361 e. The average molecular weight is 668 g/mol. The summed E-state index contributed by atoms with van der Waals surface area (Å²) in [6.07, 6.45) is 4.01. The summed E-state index contributed by atoms with van der Waals surface area (Å²) in [4.78, 5) is 18.3. The number of rotatable bonds is 7. The van der Waals surface area contributed by atoms with Crippen molar-refractivity contribution in [2.75, 3.05) is 28.2 Å². The molecule has 0 amide bonds. The van der Waals surface area contributed by atoms with Crippen molar-refractivity contribution in [2.24, 2.45) is 7.05 Å². The van der Waals surface area contributed by atoms with Gasteiger partial charge in [-0.3, -0.25) is 19.9 Å². The summed E-state index contributed by atoms with van der Waals surface area (Å²) >= 11 is 6.23. The first-order chi connectivity index (χ1) is 22.7. The highest BCUT2D eigenvalue weighted by molar-refractivity contribution is 6.31. The van der Waals surface area contributed by atoms with E-state index >= 15 is 0 Å². The number of aromatic nitrogens is 2. The van der Waals surface area contributed by atoms with Crippen LogP contribution in [-0.4, -0.2) is 52.5 Å². The van der Waals surface area contributed by atoms with Gasteiger partial charge in [0.25, 0.3) is 5.69 Å². The van der Waals surface area contributed by atoms with E-state index < -0.39 is 10.7 Å². The lowest BCUT2D eigenvalue weighted by Gasteiger charge is -2.26. The molecule has 0 saturated heterocycles. The molecule has 4 aromatic carbocycles. The Morgan fingerprint density at radius 2 is 1.52 bits per heavy atom. The Labute approximate surface area is 286 Å². The molecule has 0 aliphatic heterocycles. The molecule has 0 aliphatic carbocycles. The van der Waals surface area contributed by atoms with Gasteiger partial charge in [-0.1, -0.05) is 87.0 Å².